The topological polar surface area (TPSA) is 55.1 Å². The quantitative estimate of drug-likeness (QED) is 0.784. The van der Waals surface area contributed by atoms with Crippen molar-refractivity contribution in [1.29, 1.82) is 0 Å². The molecule has 0 aliphatic heterocycles. The SMILES string of the molecule is O=C(NCc1ccccc1Cl)c1cc(-c2ccc(F)cc2)on1. The molecule has 0 aliphatic rings. The number of benzene rings is 2. The Bertz CT molecular complexity index is 831. The highest BCUT2D eigenvalue weighted by molar-refractivity contribution is 6.31. The largest absolute Gasteiger partial charge is 0.355 e. The second-order valence-corrected chi connectivity index (χ2v) is 5.26. The van der Waals surface area contributed by atoms with Gasteiger partial charge in [0.2, 0.25) is 0 Å². The molecule has 6 heteroatoms. The number of hydrogen-bond donors (Lipinski definition) is 1. The normalized spacial score (nSPS) is 10.5. The highest BCUT2D eigenvalue weighted by Gasteiger charge is 2.14. The lowest BCUT2D eigenvalue weighted by molar-refractivity contribution is 0.0942. The molecule has 1 N–H and O–H groups in total. The summed E-state index contributed by atoms with van der Waals surface area (Å²) in [4.78, 5) is 12.1. The number of carbonyl (C=O) groups is 1. The van der Waals surface area contributed by atoms with E-state index in [2.05, 4.69) is 10.5 Å². The summed E-state index contributed by atoms with van der Waals surface area (Å²) in [6.07, 6.45) is 0. The van der Waals surface area contributed by atoms with Gasteiger partial charge in [0, 0.05) is 23.2 Å². The molecule has 0 radical (unpaired) electrons. The van der Waals surface area contributed by atoms with Gasteiger partial charge >= 0.3 is 0 Å². The Morgan fingerprint density at radius 3 is 2.65 bits per heavy atom. The Balaban J connectivity index is 1.69. The molecule has 3 rings (SSSR count). The molecule has 0 unspecified atom stereocenters. The number of nitrogens with zero attached hydrogens (tertiary/aromatic N) is 1. The zero-order valence-electron chi connectivity index (χ0n) is 11.9. The molecular weight excluding hydrogens is 319 g/mol. The van der Waals surface area contributed by atoms with Crippen LogP contribution in [0.3, 0.4) is 0 Å². The van der Waals surface area contributed by atoms with Crippen molar-refractivity contribution >= 4 is 17.5 Å². The van der Waals surface area contributed by atoms with Gasteiger partial charge in [0.25, 0.3) is 5.91 Å². The molecule has 0 fully saturated rings. The van der Waals surface area contributed by atoms with Crippen LogP contribution in [0.15, 0.2) is 59.1 Å². The summed E-state index contributed by atoms with van der Waals surface area (Å²) < 4.78 is 18.0. The minimum absolute atomic E-state index is 0.149. The molecule has 3 aromatic rings. The molecule has 0 saturated carbocycles. The Morgan fingerprint density at radius 1 is 1.17 bits per heavy atom. The molecule has 1 amide bonds. The van der Waals surface area contributed by atoms with E-state index < -0.39 is 0 Å². The Labute approximate surface area is 136 Å². The Hall–Kier alpha value is -2.66. The summed E-state index contributed by atoms with van der Waals surface area (Å²) in [5.74, 6) is -0.319. The molecule has 1 heterocycles. The Kier molecular flexibility index (Phi) is 4.39. The molecule has 0 saturated heterocycles. The minimum Gasteiger partial charge on any atom is -0.355 e. The molecule has 116 valence electrons. The van der Waals surface area contributed by atoms with Crippen molar-refractivity contribution in [2.24, 2.45) is 0 Å². The average Bonchev–Trinajstić information content (AvgIpc) is 3.04. The number of carbonyl (C=O) groups excluding carboxylic acids is 1. The number of aromatic nitrogens is 1. The fraction of sp³-hybridized carbons (Fsp3) is 0.0588. The van der Waals surface area contributed by atoms with Gasteiger partial charge in [0.15, 0.2) is 11.5 Å². The predicted molar refractivity (Wildman–Crippen MR) is 84.5 cm³/mol. The van der Waals surface area contributed by atoms with Crippen LogP contribution < -0.4 is 5.32 Å². The van der Waals surface area contributed by atoms with Gasteiger partial charge in [-0.05, 0) is 35.9 Å². The standard InChI is InChI=1S/C17H12ClFN2O2/c18-14-4-2-1-3-12(14)10-20-17(22)15-9-16(23-21-15)11-5-7-13(19)8-6-11/h1-9H,10H2,(H,20,22). The Morgan fingerprint density at radius 2 is 1.91 bits per heavy atom. The van der Waals surface area contributed by atoms with E-state index >= 15 is 0 Å². The van der Waals surface area contributed by atoms with E-state index in [0.717, 1.165) is 5.56 Å². The van der Waals surface area contributed by atoms with Gasteiger partial charge in [0.05, 0.1) is 0 Å². The second-order valence-electron chi connectivity index (χ2n) is 4.86. The first-order chi connectivity index (χ1) is 11.1. The van der Waals surface area contributed by atoms with Crippen molar-refractivity contribution in [3.8, 4) is 11.3 Å². The van der Waals surface area contributed by atoms with Crippen LogP contribution in [-0.4, -0.2) is 11.1 Å². The maximum Gasteiger partial charge on any atom is 0.273 e. The van der Waals surface area contributed by atoms with Gasteiger partial charge in [-0.2, -0.15) is 0 Å². The lowest BCUT2D eigenvalue weighted by Gasteiger charge is -2.04. The molecule has 1 aromatic heterocycles. The second kappa shape index (κ2) is 6.62. The van der Waals surface area contributed by atoms with Crippen LogP contribution in [-0.2, 0) is 6.54 Å². The van der Waals surface area contributed by atoms with E-state index in [4.69, 9.17) is 16.1 Å². The van der Waals surface area contributed by atoms with Crippen molar-refractivity contribution in [2.75, 3.05) is 0 Å². The molecule has 2 aromatic carbocycles. The van der Waals surface area contributed by atoms with Crippen LogP contribution in [0.1, 0.15) is 16.1 Å². The maximum atomic E-state index is 12.9. The van der Waals surface area contributed by atoms with Crippen LogP contribution in [0.2, 0.25) is 5.02 Å². The van der Waals surface area contributed by atoms with Gasteiger partial charge in [-0.25, -0.2) is 4.39 Å². The maximum absolute atomic E-state index is 12.9. The molecule has 23 heavy (non-hydrogen) atoms. The van der Waals surface area contributed by atoms with Crippen molar-refractivity contribution < 1.29 is 13.7 Å². The van der Waals surface area contributed by atoms with Crippen LogP contribution in [0, 0.1) is 5.82 Å². The molecule has 4 nitrogen and oxygen atoms in total. The fourth-order valence-corrected chi connectivity index (χ4v) is 2.24. The number of halogens is 2. The first-order valence-corrected chi connectivity index (χ1v) is 7.25. The monoisotopic (exact) mass is 330 g/mol. The first-order valence-electron chi connectivity index (χ1n) is 6.88. The summed E-state index contributed by atoms with van der Waals surface area (Å²) in [6, 6.07) is 14.5. The van der Waals surface area contributed by atoms with Crippen molar-refractivity contribution in [3.05, 3.63) is 76.7 Å². The smallest absolute Gasteiger partial charge is 0.273 e. The zero-order valence-corrected chi connectivity index (χ0v) is 12.7. The summed E-state index contributed by atoms with van der Waals surface area (Å²) in [6.45, 7) is 0.289. The third-order valence-corrected chi connectivity index (χ3v) is 3.64. The number of hydrogen-bond acceptors (Lipinski definition) is 3. The highest BCUT2D eigenvalue weighted by atomic mass is 35.5. The molecular formula is C17H12ClFN2O2. The van der Waals surface area contributed by atoms with Crippen LogP contribution in [0.25, 0.3) is 11.3 Å². The molecule has 0 spiro atoms. The zero-order chi connectivity index (χ0) is 16.2. The third-order valence-electron chi connectivity index (χ3n) is 3.27. The van der Waals surface area contributed by atoms with Crippen molar-refractivity contribution in [1.82, 2.24) is 10.5 Å². The average molecular weight is 331 g/mol. The van der Waals surface area contributed by atoms with Crippen molar-refractivity contribution in [2.45, 2.75) is 6.54 Å². The lowest BCUT2D eigenvalue weighted by Crippen LogP contribution is -2.23. The van der Waals surface area contributed by atoms with Crippen molar-refractivity contribution in [3.63, 3.8) is 0 Å². The number of nitrogens with one attached hydrogen (secondary N) is 1. The molecule has 0 atom stereocenters. The predicted octanol–water partition coefficient (Wildman–Crippen LogP) is 4.06. The van der Waals surface area contributed by atoms with Gasteiger partial charge in [-0.15, -0.1) is 0 Å². The van der Waals surface area contributed by atoms with E-state index in [1.54, 1.807) is 18.2 Å². The highest BCUT2D eigenvalue weighted by Crippen LogP contribution is 2.21. The first kappa shape index (κ1) is 15.2. The summed E-state index contributed by atoms with van der Waals surface area (Å²) in [5.41, 5.74) is 1.60. The van der Waals surface area contributed by atoms with Gasteiger partial charge in [-0.1, -0.05) is 35.0 Å². The molecule has 0 aliphatic carbocycles. The summed E-state index contributed by atoms with van der Waals surface area (Å²) in [7, 11) is 0. The van der Waals surface area contributed by atoms with E-state index in [0.29, 0.717) is 16.3 Å². The van der Waals surface area contributed by atoms with E-state index in [1.807, 2.05) is 18.2 Å². The van der Waals surface area contributed by atoms with Gasteiger partial charge in [-0.3, -0.25) is 4.79 Å². The minimum atomic E-state index is -0.373. The lowest BCUT2D eigenvalue weighted by atomic mass is 10.1. The van der Waals surface area contributed by atoms with Gasteiger partial charge < -0.3 is 9.84 Å². The van der Waals surface area contributed by atoms with Crippen LogP contribution in [0.4, 0.5) is 4.39 Å². The van der Waals surface area contributed by atoms with E-state index in [-0.39, 0.29) is 24.0 Å². The van der Waals surface area contributed by atoms with E-state index in [9.17, 15) is 9.18 Å². The third kappa shape index (κ3) is 3.57. The van der Waals surface area contributed by atoms with Gasteiger partial charge in [0.1, 0.15) is 5.82 Å². The van der Waals surface area contributed by atoms with E-state index in [1.165, 1.54) is 18.2 Å². The number of rotatable bonds is 4. The van der Waals surface area contributed by atoms with Crippen LogP contribution in [0.5, 0.6) is 0 Å². The van der Waals surface area contributed by atoms with Crippen LogP contribution >= 0.6 is 11.6 Å². The molecule has 0 bridgehead atoms. The summed E-state index contributed by atoms with van der Waals surface area (Å²) in [5, 5.41) is 7.04. The number of amides is 1. The fourth-order valence-electron chi connectivity index (χ4n) is 2.04. The summed E-state index contributed by atoms with van der Waals surface area (Å²) >= 11 is 6.03.